The average molecular weight is 701 g/mol. The monoisotopic (exact) mass is 700 g/mol. The maximum absolute atomic E-state index is 13.6. The van der Waals surface area contributed by atoms with Gasteiger partial charge >= 0.3 is 6.09 Å². The van der Waals surface area contributed by atoms with Crippen molar-refractivity contribution in [2.24, 2.45) is 0 Å². The molecule has 4 aromatic carbocycles. The van der Waals surface area contributed by atoms with Crippen LogP contribution in [0.5, 0.6) is 5.75 Å². The molecule has 0 saturated carbocycles. The third-order valence-corrected chi connectivity index (χ3v) is 18.8. The Balaban J connectivity index is 1.48. The minimum atomic E-state index is -2.01. The van der Waals surface area contributed by atoms with Crippen molar-refractivity contribution in [3.8, 4) is 27.3 Å². The second kappa shape index (κ2) is 13.8. The standard InChI is InChI=1S/C43H48N2O3SSi/c1-28(2)50(29(3)4,30(5)6)45-24-22-35-38(45)20-19-36-40(32-15-17-33(47-7)18-16-32)37-26-44(43(46)48-27-31-12-9-8-10-13-31)23-21-34(37)42(41(35)36)39-14-11-25-49-39/h8-20,22,24-25,28-30H,21,23,26-27H2,1-7H3. The zero-order valence-corrected chi connectivity index (χ0v) is 32.1. The summed E-state index contributed by atoms with van der Waals surface area (Å²) in [6.45, 7) is 16.0. The van der Waals surface area contributed by atoms with Crippen molar-refractivity contribution in [1.29, 1.82) is 0 Å². The van der Waals surface area contributed by atoms with Gasteiger partial charge in [-0.25, -0.2) is 4.79 Å². The molecule has 3 heterocycles. The van der Waals surface area contributed by atoms with Gasteiger partial charge in [-0.15, -0.1) is 11.3 Å². The molecule has 0 fully saturated rings. The number of benzene rings is 4. The fourth-order valence-electron chi connectivity index (χ4n) is 9.20. The molecule has 2 aromatic heterocycles. The highest BCUT2D eigenvalue weighted by Gasteiger charge is 2.46. The lowest BCUT2D eigenvalue weighted by atomic mass is 9.81. The molecule has 50 heavy (non-hydrogen) atoms. The summed E-state index contributed by atoms with van der Waals surface area (Å²) >= 11 is 1.80. The number of thiophene rings is 1. The van der Waals surface area contributed by atoms with Crippen molar-refractivity contribution in [3.05, 3.63) is 113 Å². The predicted molar refractivity (Wildman–Crippen MR) is 212 cm³/mol. The lowest BCUT2D eigenvalue weighted by Gasteiger charge is -2.44. The molecule has 0 unspecified atom stereocenters. The van der Waals surface area contributed by atoms with Gasteiger partial charge in [0.05, 0.1) is 7.11 Å². The lowest BCUT2D eigenvalue weighted by molar-refractivity contribution is 0.0920. The van der Waals surface area contributed by atoms with E-state index in [1.807, 2.05) is 47.4 Å². The van der Waals surface area contributed by atoms with Crippen LogP contribution in [0.1, 0.15) is 58.2 Å². The van der Waals surface area contributed by atoms with Crippen molar-refractivity contribution in [2.45, 2.75) is 77.7 Å². The van der Waals surface area contributed by atoms with Gasteiger partial charge in [0, 0.05) is 39.8 Å². The van der Waals surface area contributed by atoms with Crippen LogP contribution in [0.4, 0.5) is 4.79 Å². The maximum atomic E-state index is 13.6. The van der Waals surface area contributed by atoms with Gasteiger partial charge in [-0.1, -0.05) is 96.1 Å². The molecule has 0 bridgehead atoms. The van der Waals surface area contributed by atoms with Crippen LogP contribution in [0, 0.1) is 0 Å². The Morgan fingerprint density at radius 2 is 1.52 bits per heavy atom. The zero-order valence-electron chi connectivity index (χ0n) is 30.3. The highest BCUT2D eigenvalue weighted by Crippen LogP contribution is 2.50. The van der Waals surface area contributed by atoms with Crippen molar-refractivity contribution >= 4 is 47.3 Å². The molecule has 0 radical (unpaired) electrons. The van der Waals surface area contributed by atoms with E-state index in [1.54, 1.807) is 18.4 Å². The van der Waals surface area contributed by atoms with Crippen molar-refractivity contribution in [2.75, 3.05) is 13.7 Å². The molecule has 0 atom stereocenters. The first-order chi connectivity index (χ1) is 24.2. The van der Waals surface area contributed by atoms with Gasteiger partial charge in [-0.05, 0) is 98.2 Å². The number of carbonyl (C=O) groups excluding carboxylic acids is 1. The molecule has 7 heteroatoms. The highest BCUT2D eigenvalue weighted by molar-refractivity contribution is 7.13. The molecule has 6 aromatic rings. The Morgan fingerprint density at radius 1 is 0.800 bits per heavy atom. The van der Waals surface area contributed by atoms with E-state index >= 15 is 0 Å². The van der Waals surface area contributed by atoms with Gasteiger partial charge in [0.2, 0.25) is 0 Å². The zero-order chi connectivity index (χ0) is 35.2. The van der Waals surface area contributed by atoms with E-state index in [4.69, 9.17) is 9.47 Å². The van der Waals surface area contributed by atoms with Gasteiger partial charge in [-0.2, -0.15) is 0 Å². The Labute approximate surface area is 301 Å². The molecule has 1 aliphatic heterocycles. The molecule has 0 spiro atoms. The number of fused-ring (bicyclic) bond motifs is 4. The van der Waals surface area contributed by atoms with Crippen LogP contribution < -0.4 is 4.74 Å². The smallest absolute Gasteiger partial charge is 0.410 e. The first kappa shape index (κ1) is 34.1. The van der Waals surface area contributed by atoms with Gasteiger partial charge in [-0.3, -0.25) is 0 Å². The van der Waals surface area contributed by atoms with Crippen LogP contribution in [0.3, 0.4) is 0 Å². The number of amides is 1. The van der Waals surface area contributed by atoms with Crippen LogP contribution in [-0.2, 0) is 24.3 Å². The molecule has 7 rings (SSSR count). The Kier molecular flexibility index (Phi) is 9.39. The van der Waals surface area contributed by atoms with E-state index in [1.165, 1.54) is 48.8 Å². The number of rotatable bonds is 9. The van der Waals surface area contributed by atoms with Crippen LogP contribution >= 0.6 is 11.3 Å². The maximum Gasteiger partial charge on any atom is 0.410 e. The second-order valence-electron chi connectivity index (χ2n) is 14.6. The Bertz CT molecular complexity index is 2110. The van der Waals surface area contributed by atoms with E-state index < -0.39 is 8.24 Å². The molecular weight excluding hydrogens is 653 g/mol. The largest absolute Gasteiger partial charge is 0.497 e. The van der Waals surface area contributed by atoms with Crippen LogP contribution in [0.2, 0.25) is 16.6 Å². The molecule has 1 aliphatic rings. The number of aromatic nitrogens is 1. The topological polar surface area (TPSA) is 43.7 Å². The van der Waals surface area contributed by atoms with E-state index in [2.05, 4.69) is 99.8 Å². The predicted octanol–water partition coefficient (Wildman–Crippen LogP) is 11.9. The Hall–Kier alpha value is -4.33. The number of hydrogen-bond donors (Lipinski definition) is 0. The average Bonchev–Trinajstić information content (AvgIpc) is 3.81. The normalized spacial score (nSPS) is 13.5. The third-order valence-electron chi connectivity index (χ3n) is 11.1. The van der Waals surface area contributed by atoms with Crippen LogP contribution in [-0.4, -0.2) is 37.1 Å². The molecule has 258 valence electrons. The Morgan fingerprint density at radius 3 is 2.16 bits per heavy atom. The van der Waals surface area contributed by atoms with Gasteiger partial charge in [0.15, 0.2) is 8.24 Å². The highest BCUT2D eigenvalue weighted by atomic mass is 32.1. The molecular formula is C43H48N2O3SSi. The van der Waals surface area contributed by atoms with Crippen LogP contribution in [0.15, 0.2) is 96.5 Å². The summed E-state index contributed by atoms with van der Waals surface area (Å²) < 4.78 is 14.2. The quantitative estimate of drug-likeness (QED) is 0.141. The van der Waals surface area contributed by atoms with E-state index in [0.29, 0.717) is 29.7 Å². The SMILES string of the molecule is COc1ccc(-c2c3c(c(-c4cccs4)c4c2ccc2c4ccn2[Si](C(C)C)(C(C)C)C(C)C)CCN(C(=O)OCc2ccccc2)C3)cc1. The summed E-state index contributed by atoms with van der Waals surface area (Å²) in [5.74, 6) is 0.824. The summed E-state index contributed by atoms with van der Waals surface area (Å²) in [5, 5.41) is 6.02. The van der Waals surface area contributed by atoms with Gasteiger partial charge in [0.25, 0.3) is 0 Å². The minimum absolute atomic E-state index is 0.259. The molecule has 0 aliphatic carbocycles. The van der Waals surface area contributed by atoms with Crippen molar-refractivity contribution in [1.82, 2.24) is 9.13 Å². The van der Waals surface area contributed by atoms with Crippen molar-refractivity contribution < 1.29 is 14.3 Å². The van der Waals surface area contributed by atoms with E-state index in [-0.39, 0.29) is 12.7 Å². The summed E-state index contributed by atoms with van der Waals surface area (Å²) in [5.41, 5.74) is 10.2. The second-order valence-corrected chi connectivity index (χ2v) is 21.3. The van der Waals surface area contributed by atoms with Crippen LogP contribution in [0.25, 0.3) is 43.2 Å². The molecule has 0 N–H and O–H groups in total. The minimum Gasteiger partial charge on any atom is -0.497 e. The number of hydrogen-bond acceptors (Lipinski definition) is 4. The fourth-order valence-corrected chi connectivity index (χ4v) is 16.6. The number of ether oxygens (including phenoxy) is 2. The van der Waals surface area contributed by atoms with Gasteiger partial charge < -0.3 is 18.6 Å². The first-order valence-electron chi connectivity index (χ1n) is 17.9. The fraction of sp³-hybridized carbons (Fsp3) is 0.326. The molecule has 1 amide bonds. The molecule has 5 nitrogen and oxygen atoms in total. The summed E-state index contributed by atoms with van der Waals surface area (Å²) in [4.78, 5) is 16.8. The number of methoxy groups -OCH3 is 1. The lowest BCUT2D eigenvalue weighted by Crippen LogP contribution is -2.51. The van der Waals surface area contributed by atoms with Crippen molar-refractivity contribution in [3.63, 3.8) is 0 Å². The molecule has 0 saturated heterocycles. The number of nitrogens with zero attached hydrogens (tertiary/aromatic N) is 2. The summed E-state index contributed by atoms with van der Waals surface area (Å²) in [6, 6.07) is 29.9. The summed E-state index contributed by atoms with van der Waals surface area (Å²) in [7, 11) is -0.305. The third kappa shape index (κ3) is 5.65. The van der Waals surface area contributed by atoms with E-state index in [9.17, 15) is 4.79 Å². The first-order valence-corrected chi connectivity index (χ1v) is 21.0. The number of carbonyl (C=O) groups is 1. The summed E-state index contributed by atoms with van der Waals surface area (Å²) in [6.07, 6.45) is 2.88. The van der Waals surface area contributed by atoms with E-state index in [0.717, 1.165) is 23.3 Å². The van der Waals surface area contributed by atoms with Gasteiger partial charge in [0.1, 0.15) is 12.4 Å².